The molecule has 0 atom stereocenters. The molecule has 0 aromatic heterocycles. The molecule has 0 amide bonds. The van der Waals surface area contributed by atoms with E-state index in [9.17, 15) is 8.42 Å². The van der Waals surface area contributed by atoms with Crippen LogP contribution in [0, 0.1) is 0 Å². The third kappa shape index (κ3) is 3.71. The van der Waals surface area contributed by atoms with E-state index in [-0.39, 0.29) is 4.90 Å². The van der Waals surface area contributed by atoms with E-state index in [0.717, 1.165) is 38.2 Å². The summed E-state index contributed by atoms with van der Waals surface area (Å²) in [6, 6.07) is 6.44. The van der Waals surface area contributed by atoms with E-state index in [2.05, 4.69) is 16.9 Å². The first-order valence-corrected chi connectivity index (χ1v) is 8.56. The molecule has 1 aromatic rings. The van der Waals surface area contributed by atoms with Crippen LogP contribution >= 0.6 is 0 Å². The molecule has 5 nitrogen and oxygen atoms in total. The summed E-state index contributed by atoms with van der Waals surface area (Å²) in [5, 5.41) is 4.54. The Morgan fingerprint density at radius 2 is 1.80 bits per heavy atom. The number of anilines is 1. The number of rotatable bonds is 6. The molecule has 1 heterocycles. The van der Waals surface area contributed by atoms with E-state index in [1.807, 2.05) is 0 Å². The van der Waals surface area contributed by atoms with Crippen molar-refractivity contribution in [3.8, 4) is 0 Å². The summed E-state index contributed by atoms with van der Waals surface area (Å²) in [7, 11) is -4.11. The summed E-state index contributed by atoms with van der Waals surface area (Å²) in [4.78, 5) is -0.0573. The summed E-state index contributed by atoms with van der Waals surface area (Å²) >= 11 is 0. The Morgan fingerprint density at radius 3 is 2.30 bits per heavy atom. The molecular formula is C14H22N2O3S. The van der Waals surface area contributed by atoms with E-state index in [4.69, 9.17) is 4.55 Å². The van der Waals surface area contributed by atoms with Crippen molar-refractivity contribution >= 4 is 15.8 Å². The Labute approximate surface area is 120 Å². The number of hydrazine groups is 1. The number of nitrogens with zero attached hydrogens (tertiary/aromatic N) is 2. The van der Waals surface area contributed by atoms with E-state index in [1.54, 1.807) is 12.1 Å². The van der Waals surface area contributed by atoms with Crippen LogP contribution in [-0.4, -0.2) is 37.6 Å². The standard InChI is InChI=1S/C14H22N2O3S/c1-2-3-12-16(15-10-4-5-11-15)13-6-8-14(9-7-13)20(17,18)19/h6-9H,2-5,10-12H2,1H3,(H,17,18,19). The maximum absolute atomic E-state index is 11.1. The van der Waals surface area contributed by atoms with Crippen molar-refractivity contribution in [2.24, 2.45) is 0 Å². The Bertz CT molecular complexity index is 522. The maximum Gasteiger partial charge on any atom is 0.294 e. The van der Waals surface area contributed by atoms with Gasteiger partial charge in [-0.25, -0.2) is 5.01 Å². The van der Waals surface area contributed by atoms with Gasteiger partial charge in [-0.1, -0.05) is 13.3 Å². The summed E-state index contributed by atoms with van der Waals surface area (Å²) in [6.45, 7) is 5.18. The first-order valence-electron chi connectivity index (χ1n) is 7.12. The molecule has 0 bridgehead atoms. The molecule has 0 unspecified atom stereocenters. The third-order valence-corrected chi connectivity index (χ3v) is 4.45. The number of unbranched alkanes of at least 4 members (excludes halogenated alkanes) is 1. The minimum atomic E-state index is -4.11. The lowest BCUT2D eigenvalue weighted by molar-refractivity contribution is 0.304. The normalized spacial score (nSPS) is 16.5. The molecule has 6 heteroatoms. The van der Waals surface area contributed by atoms with Gasteiger partial charge in [0.25, 0.3) is 10.1 Å². The molecule has 1 aliphatic rings. The molecule has 0 spiro atoms. The molecule has 1 N–H and O–H groups in total. The Morgan fingerprint density at radius 1 is 1.20 bits per heavy atom. The fourth-order valence-corrected chi connectivity index (χ4v) is 2.95. The molecule has 0 aliphatic carbocycles. The van der Waals surface area contributed by atoms with Gasteiger partial charge in [0.2, 0.25) is 0 Å². The smallest absolute Gasteiger partial charge is 0.294 e. The number of hydrogen-bond acceptors (Lipinski definition) is 4. The van der Waals surface area contributed by atoms with E-state index >= 15 is 0 Å². The van der Waals surface area contributed by atoms with Gasteiger partial charge in [-0.05, 0) is 43.5 Å². The van der Waals surface area contributed by atoms with Crippen LogP contribution in [0.3, 0.4) is 0 Å². The maximum atomic E-state index is 11.1. The zero-order chi connectivity index (χ0) is 14.6. The quantitative estimate of drug-likeness (QED) is 0.818. The van der Waals surface area contributed by atoms with Gasteiger partial charge in [0.15, 0.2) is 0 Å². The van der Waals surface area contributed by atoms with Crippen molar-refractivity contribution in [3.05, 3.63) is 24.3 Å². The second kappa shape index (κ2) is 6.56. The van der Waals surface area contributed by atoms with Gasteiger partial charge in [-0.15, -0.1) is 0 Å². The molecule has 1 fully saturated rings. The van der Waals surface area contributed by atoms with Gasteiger partial charge < -0.3 is 5.01 Å². The van der Waals surface area contributed by atoms with Crippen LogP contribution in [0.15, 0.2) is 29.2 Å². The van der Waals surface area contributed by atoms with Crippen LogP contribution in [0.25, 0.3) is 0 Å². The van der Waals surface area contributed by atoms with Crippen molar-refractivity contribution in [2.45, 2.75) is 37.5 Å². The number of hydrogen-bond donors (Lipinski definition) is 1. The van der Waals surface area contributed by atoms with Crippen molar-refractivity contribution in [3.63, 3.8) is 0 Å². The summed E-state index contributed by atoms with van der Waals surface area (Å²) in [5.74, 6) is 0. The molecule has 1 saturated heterocycles. The summed E-state index contributed by atoms with van der Waals surface area (Å²) in [5.41, 5.74) is 0.979. The second-order valence-corrected chi connectivity index (χ2v) is 6.53. The summed E-state index contributed by atoms with van der Waals surface area (Å²) in [6.07, 6.45) is 4.61. The first kappa shape index (κ1) is 15.3. The largest absolute Gasteiger partial charge is 0.306 e. The van der Waals surface area contributed by atoms with Crippen LogP contribution in [0.5, 0.6) is 0 Å². The van der Waals surface area contributed by atoms with E-state index < -0.39 is 10.1 Å². The van der Waals surface area contributed by atoms with Crippen LogP contribution in [0.4, 0.5) is 5.69 Å². The molecule has 112 valence electrons. The minimum absolute atomic E-state index is 0.0573. The lowest BCUT2D eigenvalue weighted by Gasteiger charge is -2.33. The van der Waals surface area contributed by atoms with Crippen molar-refractivity contribution in [1.29, 1.82) is 0 Å². The van der Waals surface area contributed by atoms with Crippen LogP contribution in [-0.2, 0) is 10.1 Å². The highest BCUT2D eigenvalue weighted by atomic mass is 32.2. The molecule has 1 aromatic carbocycles. The second-order valence-electron chi connectivity index (χ2n) is 5.11. The fourth-order valence-electron chi connectivity index (χ4n) is 2.47. The Kier molecular flexibility index (Phi) is 5.01. The third-order valence-electron chi connectivity index (χ3n) is 3.58. The molecule has 0 radical (unpaired) electrons. The Hall–Kier alpha value is -1.11. The average molecular weight is 298 g/mol. The molecule has 0 saturated carbocycles. The fraction of sp³-hybridized carbons (Fsp3) is 0.571. The zero-order valence-corrected chi connectivity index (χ0v) is 12.6. The van der Waals surface area contributed by atoms with Crippen molar-refractivity contribution < 1.29 is 13.0 Å². The minimum Gasteiger partial charge on any atom is -0.306 e. The Balaban J connectivity index is 2.19. The lowest BCUT2D eigenvalue weighted by atomic mass is 10.2. The van der Waals surface area contributed by atoms with Crippen LogP contribution in [0.1, 0.15) is 32.6 Å². The number of benzene rings is 1. The van der Waals surface area contributed by atoms with Crippen LogP contribution in [0.2, 0.25) is 0 Å². The molecular weight excluding hydrogens is 276 g/mol. The first-order chi connectivity index (χ1) is 9.52. The van der Waals surface area contributed by atoms with Gasteiger partial charge in [-0.2, -0.15) is 8.42 Å². The summed E-state index contributed by atoms with van der Waals surface area (Å²) < 4.78 is 31.2. The molecule has 20 heavy (non-hydrogen) atoms. The van der Waals surface area contributed by atoms with E-state index in [1.165, 1.54) is 25.0 Å². The average Bonchev–Trinajstić information content (AvgIpc) is 2.93. The monoisotopic (exact) mass is 298 g/mol. The lowest BCUT2D eigenvalue weighted by Crippen LogP contribution is -2.41. The van der Waals surface area contributed by atoms with Gasteiger partial charge >= 0.3 is 0 Å². The topological polar surface area (TPSA) is 60.9 Å². The zero-order valence-electron chi connectivity index (χ0n) is 11.8. The highest BCUT2D eigenvalue weighted by Gasteiger charge is 2.20. The van der Waals surface area contributed by atoms with E-state index in [0.29, 0.717) is 0 Å². The van der Waals surface area contributed by atoms with Gasteiger partial charge in [0.05, 0.1) is 10.6 Å². The predicted octanol–water partition coefficient (Wildman–Crippen LogP) is 2.55. The highest BCUT2D eigenvalue weighted by molar-refractivity contribution is 7.85. The SMILES string of the molecule is CCCCN(c1ccc(S(=O)(=O)O)cc1)N1CCCC1. The predicted molar refractivity (Wildman–Crippen MR) is 79.3 cm³/mol. The van der Waals surface area contributed by atoms with Gasteiger partial charge in [-0.3, -0.25) is 4.55 Å². The van der Waals surface area contributed by atoms with Gasteiger partial charge in [0.1, 0.15) is 0 Å². The van der Waals surface area contributed by atoms with Crippen LogP contribution < -0.4 is 5.01 Å². The highest BCUT2D eigenvalue weighted by Crippen LogP contribution is 2.23. The molecule has 1 aliphatic heterocycles. The van der Waals surface area contributed by atoms with Crippen molar-refractivity contribution in [2.75, 3.05) is 24.6 Å². The van der Waals surface area contributed by atoms with Crippen molar-refractivity contribution in [1.82, 2.24) is 5.01 Å². The van der Waals surface area contributed by atoms with Gasteiger partial charge in [0, 0.05) is 19.6 Å². The molecule has 2 rings (SSSR count).